The second kappa shape index (κ2) is 9.92. The number of nitrogens with zero attached hydrogens (tertiary/aromatic N) is 3. The standard InChI is InChI=1S/C24H22N4O5S/c1-3-28-22(30)18-7-5-4-6-17(18)20(26-28)21(29)25-12-13-27-23(31)19(34-24(27)32)14-15-8-10-16(33-2)11-9-15/h4-11,14H,3,12-13H2,1-2H3,(H,25,29)/b19-14-. The topological polar surface area (TPSA) is 111 Å². The molecule has 1 fully saturated rings. The number of thioether (sulfide) groups is 1. The lowest BCUT2D eigenvalue weighted by Gasteiger charge is -2.14. The first-order valence-corrected chi connectivity index (χ1v) is 11.4. The van der Waals surface area contributed by atoms with E-state index in [2.05, 4.69) is 10.4 Å². The normalized spacial score (nSPS) is 14.8. The zero-order valence-electron chi connectivity index (χ0n) is 18.6. The Morgan fingerprint density at radius 2 is 1.79 bits per heavy atom. The van der Waals surface area contributed by atoms with Crippen molar-refractivity contribution in [1.29, 1.82) is 0 Å². The molecule has 174 valence electrons. The SMILES string of the molecule is CCn1nc(C(=O)NCCN2C(=O)S/C(=C\c3ccc(OC)cc3)C2=O)c2ccccc2c1=O. The van der Waals surface area contributed by atoms with Gasteiger partial charge in [-0.1, -0.05) is 30.3 Å². The van der Waals surface area contributed by atoms with Crippen LogP contribution in [-0.2, 0) is 11.3 Å². The minimum absolute atomic E-state index is 0.0156. The van der Waals surface area contributed by atoms with Gasteiger partial charge in [-0.2, -0.15) is 5.10 Å². The third-order valence-corrected chi connectivity index (χ3v) is 6.20. The van der Waals surface area contributed by atoms with Crippen molar-refractivity contribution < 1.29 is 19.1 Å². The number of hydrogen-bond acceptors (Lipinski definition) is 7. The van der Waals surface area contributed by atoms with E-state index in [1.165, 1.54) is 4.68 Å². The van der Waals surface area contributed by atoms with Crippen LogP contribution >= 0.6 is 11.8 Å². The summed E-state index contributed by atoms with van der Waals surface area (Å²) < 4.78 is 6.36. The fourth-order valence-corrected chi connectivity index (χ4v) is 4.39. The molecule has 10 heteroatoms. The van der Waals surface area contributed by atoms with Crippen LogP contribution in [0.2, 0.25) is 0 Å². The van der Waals surface area contributed by atoms with Crippen molar-refractivity contribution >= 4 is 45.7 Å². The van der Waals surface area contributed by atoms with Gasteiger partial charge in [0.15, 0.2) is 5.69 Å². The maximum absolute atomic E-state index is 12.8. The number of carbonyl (C=O) groups excluding carboxylic acids is 3. The summed E-state index contributed by atoms with van der Waals surface area (Å²) in [5.74, 6) is -0.208. The molecule has 2 aromatic carbocycles. The highest BCUT2D eigenvalue weighted by Gasteiger charge is 2.34. The number of benzene rings is 2. The van der Waals surface area contributed by atoms with Gasteiger partial charge in [0.25, 0.3) is 22.6 Å². The maximum atomic E-state index is 12.8. The Morgan fingerprint density at radius 1 is 1.09 bits per heavy atom. The van der Waals surface area contributed by atoms with E-state index < -0.39 is 17.1 Å². The quantitative estimate of drug-likeness (QED) is 0.520. The highest BCUT2D eigenvalue weighted by molar-refractivity contribution is 8.18. The molecular weight excluding hydrogens is 456 g/mol. The molecule has 1 N–H and O–H groups in total. The molecule has 2 heterocycles. The lowest BCUT2D eigenvalue weighted by Crippen LogP contribution is -2.38. The minimum atomic E-state index is -0.487. The second-order valence-corrected chi connectivity index (χ2v) is 8.37. The van der Waals surface area contributed by atoms with Crippen LogP contribution in [0.4, 0.5) is 4.79 Å². The molecule has 3 amide bonds. The molecule has 0 unspecified atom stereocenters. The van der Waals surface area contributed by atoms with Gasteiger partial charge in [-0.3, -0.25) is 24.1 Å². The molecule has 3 aromatic rings. The molecule has 0 radical (unpaired) electrons. The zero-order valence-corrected chi connectivity index (χ0v) is 19.4. The van der Waals surface area contributed by atoms with Gasteiger partial charge in [0, 0.05) is 25.0 Å². The van der Waals surface area contributed by atoms with Gasteiger partial charge in [-0.15, -0.1) is 0 Å². The van der Waals surface area contributed by atoms with E-state index in [1.54, 1.807) is 68.6 Å². The van der Waals surface area contributed by atoms with Crippen molar-refractivity contribution in [2.45, 2.75) is 13.5 Å². The molecule has 34 heavy (non-hydrogen) atoms. The van der Waals surface area contributed by atoms with Crippen molar-refractivity contribution in [1.82, 2.24) is 20.0 Å². The predicted octanol–water partition coefficient (Wildman–Crippen LogP) is 2.89. The Kier molecular flexibility index (Phi) is 6.78. The Balaban J connectivity index is 1.44. The van der Waals surface area contributed by atoms with Gasteiger partial charge >= 0.3 is 0 Å². The van der Waals surface area contributed by atoms with Gasteiger partial charge in [0.2, 0.25) is 0 Å². The Morgan fingerprint density at radius 3 is 2.47 bits per heavy atom. The summed E-state index contributed by atoms with van der Waals surface area (Å²) >= 11 is 0.854. The molecule has 0 saturated carbocycles. The average Bonchev–Trinajstić information content (AvgIpc) is 3.12. The number of aromatic nitrogens is 2. The minimum Gasteiger partial charge on any atom is -0.497 e. The van der Waals surface area contributed by atoms with Crippen molar-refractivity contribution in [3.05, 3.63) is 75.0 Å². The van der Waals surface area contributed by atoms with E-state index in [-0.39, 0.29) is 24.3 Å². The Labute approximate surface area is 199 Å². The number of nitrogens with one attached hydrogen (secondary N) is 1. The summed E-state index contributed by atoms with van der Waals surface area (Å²) in [6, 6.07) is 13.9. The van der Waals surface area contributed by atoms with Gasteiger partial charge < -0.3 is 10.1 Å². The van der Waals surface area contributed by atoms with Gasteiger partial charge in [0.05, 0.1) is 17.4 Å². The number of hydrogen-bond donors (Lipinski definition) is 1. The smallest absolute Gasteiger partial charge is 0.293 e. The fourth-order valence-electron chi connectivity index (χ4n) is 3.53. The van der Waals surface area contributed by atoms with Crippen LogP contribution in [0.25, 0.3) is 16.8 Å². The molecule has 1 aliphatic rings. The van der Waals surface area contributed by atoms with Crippen LogP contribution in [-0.4, -0.2) is 51.9 Å². The Bertz CT molecular complexity index is 1360. The van der Waals surface area contributed by atoms with Gasteiger partial charge in [-0.25, -0.2) is 4.68 Å². The number of imide groups is 1. The van der Waals surface area contributed by atoms with E-state index in [0.717, 1.165) is 22.2 Å². The summed E-state index contributed by atoms with van der Waals surface area (Å²) in [6.07, 6.45) is 1.65. The highest BCUT2D eigenvalue weighted by Crippen LogP contribution is 2.32. The van der Waals surface area contributed by atoms with Crippen LogP contribution in [0.1, 0.15) is 23.0 Å². The average molecular weight is 479 g/mol. The summed E-state index contributed by atoms with van der Waals surface area (Å²) in [5, 5.41) is 7.34. The molecule has 9 nitrogen and oxygen atoms in total. The van der Waals surface area contributed by atoms with Crippen LogP contribution in [0.15, 0.2) is 58.2 Å². The number of ether oxygens (including phenoxy) is 1. The lowest BCUT2D eigenvalue weighted by atomic mass is 10.1. The van der Waals surface area contributed by atoms with E-state index in [0.29, 0.717) is 28.0 Å². The van der Waals surface area contributed by atoms with Crippen molar-refractivity contribution in [3.8, 4) is 5.75 Å². The Hall–Kier alpha value is -3.92. The maximum Gasteiger partial charge on any atom is 0.293 e. The van der Waals surface area contributed by atoms with Crippen molar-refractivity contribution in [3.63, 3.8) is 0 Å². The summed E-state index contributed by atoms with van der Waals surface area (Å²) in [5.41, 5.74) is 0.616. The molecule has 1 saturated heterocycles. The number of methoxy groups -OCH3 is 1. The largest absolute Gasteiger partial charge is 0.497 e. The number of rotatable bonds is 7. The fraction of sp³-hybridized carbons (Fsp3) is 0.208. The highest BCUT2D eigenvalue weighted by atomic mass is 32.2. The second-order valence-electron chi connectivity index (χ2n) is 7.38. The molecule has 0 spiro atoms. The zero-order chi connectivity index (χ0) is 24.2. The van der Waals surface area contributed by atoms with Crippen LogP contribution in [0.3, 0.4) is 0 Å². The number of fused-ring (bicyclic) bond motifs is 1. The van der Waals surface area contributed by atoms with Crippen LogP contribution in [0, 0.1) is 0 Å². The molecule has 1 aromatic heterocycles. The van der Waals surface area contributed by atoms with Crippen LogP contribution in [0.5, 0.6) is 5.75 Å². The number of carbonyl (C=O) groups is 3. The first-order chi connectivity index (χ1) is 16.4. The predicted molar refractivity (Wildman–Crippen MR) is 130 cm³/mol. The third-order valence-electron chi connectivity index (χ3n) is 5.29. The first kappa shape index (κ1) is 23.2. The van der Waals surface area contributed by atoms with Crippen molar-refractivity contribution in [2.24, 2.45) is 0 Å². The molecule has 4 rings (SSSR count). The number of aryl methyl sites for hydroxylation is 1. The molecule has 1 aliphatic heterocycles. The van der Waals surface area contributed by atoms with Crippen molar-refractivity contribution in [2.75, 3.05) is 20.2 Å². The molecule has 0 aliphatic carbocycles. The molecule has 0 bridgehead atoms. The third kappa shape index (κ3) is 4.58. The van der Waals surface area contributed by atoms with E-state index >= 15 is 0 Å². The van der Waals surface area contributed by atoms with E-state index in [9.17, 15) is 19.2 Å². The lowest BCUT2D eigenvalue weighted by molar-refractivity contribution is -0.122. The first-order valence-electron chi connectivity index (χ1n) is 10.6. The summed E-state index contributed by atoms with van der Waals surface area (Å²) in [7, 11) is 1.57. The molecular formula is C24H22N4O5S. The summed E-state index contributed by atoms with van der Waals surface area (Å²) in [6.45, 7) is 2.15. The summed E-state index contributed by atoms with van der Waals surface area (Å²) in [4.78, 5) is 51.8. The van der Waals surface area contributed by atoms with Gasteiger partial charge in [0.1, 0.15) is 5.75 Å². The van der Waals surface area contributed by atoms with E-state index in [1.807, 2.05) is 0 Å². The number of amides is 3. The monoisotopic (exact) mass is 478 g/mol. The molecule has 0 atom stereocenters. The van der Waals surface area contributed by atoms with Crippen LogP contribution < -0.4 is 15.6 Å². The van der Waals surface area contributed by atoms with E-state index in [4.69, 9.17) is 4.74 Å². The van der Waals surface area contributed by atoms with Gasteiger partial charge in [-0.05, 0) is 48.5 Å².